The van der Waals surface area contributed by atoms with E-state index in [9.17, 15) is 0 Å². The molecule has 1 heterocycles. The van der Waals surface area contributed by atoms with Gasteiger partial charge in [-0.3, -0.25) is 0 Å². The molecule has 0 spiro atoms. The Morgan fingerprint density at radius 3 is 2.13 bits per heavy atom. The number of piperazine rings is 1. The van der Waals surface area contributed by atoms with E-state index in [2.05, 4.69) is 40.1 Å². The number of hydrogen-bond acceptors (Lipinski definition) is 2. The first-order valence-corrected chi connectivity index (χ1v) is 8.26. The minimum absolute atomic E-state index is 1.12. The molecule has 15 heavy (non-hydrogen) atoms. The van der Waals surface area contributed by atoms with Gasteiger partial charge >= 0.3 is 108 Å². The van der Waals surface area contributed by atoms with Gasteiger partial charge in [0.15, 0.2) is 0 Å². The van der Waals surface area contributed by atoms with Crippen LogP contribution in [0.2, 0.25) is 0 Å². The molecule has 79 valence electrons. The number of nitrogens with zero attached hydrogens (tertiary/aromatic N) is 2. The SMILES string of the molecule is [Pb][CH2]N1CCN(Cc2ccccc2)CC1. The number of hydrogen-bond donors (Lipinski definition) is 0. The molecule has 1 saturated heterocycles. The van der Waals surface area contributed by atoms with E-state index in [1.54, 1.807) is 0 Å². The van der Waals surface area contributed by atoms with Crippen molar-refractivity contribution >= 4 is 25.8 Å². The second kappa shape index (κ2) is 5.96. The Kier molecular flexibility index (Phi) is 4.59. The van der Waals surface area contributed by atoms with E-state index in [-0.39, 0.29) is 0 Å². The maximum atomic E-state index is 2.58. The Bertz CT molecular complexity index is 281. The van der Waals surface area contributed by atoms with Crippen molar-refractivity contribution in [1.29, 1.82) is 0 Å². The number of rotatable bonds is 3. The fraction of sp³-hybridized carbons (Fsp3) is 0.500. The Morgan fingerprint density at radius 2 is 1.53 bits per heavy atom. The van der Waals surface area contributed by atoms with E-state index in [4.69, 9.17) is 0 Å². The molecule has 2 rings (SSSR count). The van der Waals surface area contributed by atoms with Crippen LogP contribution < -0.4 is 0 Å². The molecule has 0 N–H and O–H groups in total. The van der Waals surface area contributed by atoms with E-state index in [1.807, 2.05) is 0 Å². The van der Waals surface area contributed by atoms with E-state index in [0.717, 1.165) is 6.54 Å². The van der Waals surface area contributed by atoms with Crippen LogP contribution in [0, 0.1) is 0 Å². The van der Waals surface area contributed by atoms with E-state index in [0.29, 0.717) is 0 Å². The molecule has 3 radical (unpaired) electrons. The van der Waals surface area contributed by atoms with Crippen LogP contribution in [-0.4, -0.2) is 65.9 Å². The first kappa shape index (κ1) is 11.5. The van der Waals surface area contributed by atoms with Crippen LogP contribution >= 0.6 is 0 Å². The number of benzene rings is 1. The van der Waals surface area contributed by atoms with Gasteiger partial charge in [-0.2, -0.15) is 0 Å². The molecule has 1 aliphatic heterocycles. The third-order valence-electron chi connectivity index (χ3n) is 2.94. The van der Waals surface area contributed by atoms with Gasteiger partial charge in [-0.1, -0.05) is 0 Å². The summed E-state index contributed by atoms with van der Waals surface area (Å²) in [5.74, 6) is 0. The molecule has 0 amide bonds. The topological polar surface area (TPSA) is 6.48 Å². The Labute approximate surface area is 108 Å². The predicted octanol–water partition coefficient (Wildman–Crippen LogP) is 0.930. The van der Waals surface area contributed by atoms with Crippen molar-refractivity contribution in [2.75, 3.05) is 30.3 Å². The van der Waals surface area contributed by atoms with Crippen molar-refractivity contribution < 1.29 is 0 Å². The van der Waals surface area contributed by atoms with Crippen molar-refractivity contribution in [2.45, 2.75) is 6.54 Å². The normalized spacial score (nSPS) is 19.3. The van der Waals surface area contributed by atoms with Gasteiger partial charge < -0.3 is 0 Å². The summed E-state index contributed by atoms with van der Waals surface area (Å²) in [6, 6.07) is 10.8. The molecule has 0 aliphatic carbocycles. The average molecular weight is 396 g/mol. The summed E-state index contributed by atoms with van der Waals surface area (Å²) in [5, 5.41) is 0. The molecule has 0 unspecified atom stereocenters. The van der Waals surface area contributed by atoms with E-state index >= 15 is 0 Å². The van der Waals surface area contributed by atoms with Gasteiger partial charge in [0.2, 0.25) is 0 Å². The van der Waals surface area contributed by atoms with Crippen molar-refractivity contribution in [3.8, 4) is 0 Å². The van der Waals surface area contributed by atoms with Crippen LogP contribution in [-0.2, 0) is 6.54 Å². The molecule has 1 aromatic carbocycles. The third kappa shape index (κ3) is 3.53. The van der Waals surface area contributed by atoms with Crippen LogP contribution in [0.15, 0.2) is 30.3 Å². The summed E-state index contributed by atoms with van der Waals surface area (Å²) < 4.78 is 1.33. The summed E-state index contributed by atoms with van der Waals surface area (Å²) in [5.41, 5.74) is 1.44. The molecule has 2 nitrogen and oxygen atoms in total. The van der Waals surface area contributed by atoms with Crippen molar-refractivity contribution in [2.24, 2.45) is 0 Å². The molecule has 0 bridgehead atoms. The quantitative estimate of drug-likeness (QED) is 0.702. The second-order valence-corrected chi connectivity index (χ2v) is 5.27. The molecule has 0 saturated carbocycles. The van der Waals surface area contributed by atoms with Crippen molar-refractivity contribution in [3.63, 3.8) is 0 Å². The fourth-order valence-electron chi connectivity index (χ4n) is 1.95. The van der Waals surface area contributed by atoms with E-state index in [1.165, 1.54) is 61.6 Å². The molecule has 1 aromatic rings. The van der Waals surface area contributed by atoms with Gasteiger partial charge in [-0.25, -0.2) is 0 Å². The third-order valence-corrected chi connectivity index (χ3v) is 4.68. The molecule has 0 aromatic heterocycles. The zero-order valence-electron chi connectivity index (χ0n) is 9.02. The monoisotopic (exact) mass is 397 g/mol. The second-order valence-electron chi connectivity index (χ2n) is 4.04. The van der Waals surface area contributed by atoms with Gasteiger partial charge in [0.1, 0.15) is 0 Å². The maximum absolute atomic E-state index is 2.58. The molecular weight excluding hydrogens is 379 g/mol. The molecule has 1 fully saturated rings. The first-order chi connectivity index (χ1) is 7.38. The molecule has 3 heteroatoms. The Morgan fingerprint density at radius 1 is 0.933 bits per heavy atom. The van der Waals surface area contributed by atoms with Gasteiger partial charge in [-0.15, -0.1) is 0 Å². The first-order valence-electron chi connectivity index (χ1n) is 5.52. The van der Waals surface area contributed by atoms with Crippen LogP contribution in [0.25, 0.3) is 0 Å². The van der Waals surface area contributed by atoms with Crippen LogP contribution in [0.3, 0.4) is 0 Å². The van der Waals surface area contributed by atoms with Crippen LogP contribution in [0.5, 0.6) is 0 Å². The van der Waals surface area contributed by atoms with Crippen molar-refractivity contribution in [1.82, 2.24) is 9.80 Å². The van der Waals surface area contributed by atoms with Crippen LogP contribution in [0.4, 0.5) is 0 Å². The molecule has 1 aliphatic rings. The molecular formula is C12H17N2Pb. The molecule has 0 atom stereocenters. The predicted molar refractivity (Wildman–Crippen MR) is 63.9 cm³/mol. The van der Waals surface area contributed by atoms with Gasteiger partial charge in [-0.05, 0) is 0 Å². The van der Waals surface area contributed by atoms with Gasteiger partial charge in [0.25, 0.3) is 0 Å². The zero-order chi connectivity index (χ0) is 10.5. The Balaban J connectivity index is 1.82. The summed E-state index contributed by atoms with van der Waals surface area (Å²) in [6.45, 7) is 6.11. The summed E-state index contributed by atoms with van der Waals surface area (Å²) in [6.07, 6.45) is 0. The summed E-state index contributed by atoms with van der Waals surface area (Å²) >= 11 is 1.31. The summed E-state index contributed by atoms with van der Waals surface area (Å²) in [7, 11) is 0. The van der Waals surface area contributed by atoms with Gasteiger partial charge in [0.05, 0.1) is 0 Å². The van der Waals surface area contributed by atoms with E-state index < -0.39 is 0 Å². The summed E-state index contributed by atoms with van der Waals surface area (Å²) in [4.78, 5) is 5.14. The standard InChI is InChI=1S/C12H17N2.Pb/c1-13-7-9-14(10-8-13)11-12-5-3-2-4-6-12;/h2-6H,1,7-11H2;. The van der Waals surface area contributed by atoms with Crippen molar-refractivity contribution in [3.05, 3.63) is 35.9 Å². The van der Waals surface area contributed by atoms with Crippen LogP contribution in [0.1, 0.15) is 5.56 Å². The van der Waals surface area contributed by atoms with Gasteiger partial charge in [0, 0.05) is 0 Å². The fourth-order valence-corrected chi connectivity index (χ4v) is 3.18. The average Bonchev–Trinajstić information content (AvgIpc) is 2.31. The zero-order valence-corrected chi connectivity index (χ0v) is 12.9. The Hall–Kier alpha value is 0.0621. The minimum atomic E-state index is 1.12.